The van der Waals surface area contributed by atoms with Gasteiger partial charge in [0.15, 0.2) is 0 Å². The number of aromatic amines is 1. The fraction of sp³-hybridized carbons (Fsp3) is 0.278. The molecule has 25 heavy (non-hydrogen) atoms. The number of carbonyl (C=O) groups excluding carboxylic acids is 1. The van der Waals surface area contributed by atoms with Crippen LogP contribution in [-0.4, -0.2) is 37.8 Å². The molecule has 0 spiro atoms. The molecule has 0 atom stereocenters. The molecule has 1 aromatic carbocycles. The van der Waals surface area contributed by atoms with Crippen LogP contribution in [-0.2, 0) is 13.6 Å². The summed E-state index contributed by atoms with van der Waals surface area (Å²) in [7, 11) is 3.63. The van der Waals surface area contributed by atoms with Gasteiger partial charge in [0, 0.05) is 37.5 Å². The van der Waals surface area contributed by atoms with E-state index in [2.05, 4.69) is 15.3 Å². The molecular formula is C18H20FN5O. The molecule has 1 amide bonds. The van der Waals surface area contributed by atoms with Crippen molar-refractivity contribution in [3.05, 3.63) is 58.8 Å². The van der Waals surface area contributed by atoms with E-state index in [0.29, 0.717) is 17.9 Å². The van der Waals surface area contributed by atoms with E-state index in [4.69, 9.17) is 0 Å². The molecule has 0 bridgehead atoms. The van der Waals surface area contributed by atoms with E-state index in [1.54, 1.807) is 30.1 Å². The van der Waals surface area contributed by atoms with Crippen molar-refractivity contribution in [3.63, 3.8) is 0 Å². The summed E-state index contributed by atoms with van der Waals surface area (Å²) in [6, 6.07) is 7.67. The standard InChI is InChI=1S/C18H20FN5O/c1-11-15(12(2)24(4)22-11)10-23(3)18(25)17-9-16(20-21-17)13-5-7-14(19)8-6-13/h5-9H,10H2,1-4H3,(H,20,21). The predicted octanol–water partition coefficient (Wildman–Crippen LogP) is 2.84. The van der Waals surface area contributed by atoms with Crippen LogP contribution in [0.1, 0.15) is 27.4 Å². The number of hydrogen-bond acceptors (Lipinski definition) is 3. The van der Waals surface area contributed by atoms with E-state index >= 15 is 0 Å². The maximum Gasteiger partial charge on any atom is 0.271 e. The van der Waals surface area contributed by atoms with Crippen molar-refractivity contribution >= 4 is 5.91 Å². The lowest BCUT2D eigenvalue weighted by Crippen LogP contribution is -2.27. The summed E-state index contributed by atoms with van der Waals surface area (Å²) >= 11 is 0. The zero-order valence-corrected chi connectivity index (χ0v) is 14.7. The highest BCUT2D eigenvalue weighted by atomic mass is 19.1. The topological polar surface area (TPSA) is 66.8 Å². The molecule has 0 aliphatic carbocycles. The second-order valence-corrected chi connectivity index (χ2v) is 6.11. The van der Waals surface area contributed by atoms with E-state index in [-0.39, 0.29) is 11.7 Å². The Hall–Kier alpha value is -2.96. The molecule has 7 heteroatoms. The van der Waals surface area contributed by atoms with Gasteiger partial charge in [-0.15, -0.1) is 0 Å². The van der Waals surface area contributed by atoms with Crippen LogP contribution in [0, 0.1) is 19.7 Å². The van der Waals surface area contributed by atoms with Gasteiger partial charge in [-0.05, 0) is 44.2 Å². The molecule has 3 rings (SSSR count). The first-order chi connectivity index (χ1) is 11.9. The predicted molar refractivity (Wildman–Crippen MR) is 92.5 cm³/mol. The number of benzene rings is 1. The minimum atomic E-state index is -0.308. The van der Waals surface area contributed by atoms with Crippen molar-refractivity contribution in [1.29, 1.82) is 0 Å². The monoisotopic (exact) mass is 341 g/mol. The summed E-state index contributed by atoms with van der Waals surface area (Å²) in [5, 5.41) is 11.3. The van der Waals surface area contributed by atoms with E-state index in [1.165, 1.54) is 12.1 Å². The van der Waals surface area contributed by atoms with Gasteiger partial charge in [0.2, 0.25) is 0 Å². The van der Waals surface area contributed by atoms with Crippen molar-refractivity contribution < 1.29 is 9.18 Å². The summed E-state index contributed by atoms with van der Waals surface area (Å²) < 4.78 is 14.8. The average molecular weight is 341 g/mol. The smallest absolute Gasteiger partial charge is 0.271 e. The Bertz CT molecular complexity index is 910. The van der Waals surface area contributed by atoms with Crippen LogP contribution in [0.4, 0.5) is 4.39 Å². The van der Waals surface area contributed by atoms with E-state index in [0.717, 1.165) is 22.5 Å². The highest BCUT2D eigenvalue weighted by molar-refractivity contribution is 5.93. The molecule has 0 radical (unpaired) electrons. The van der Waals surface area contributed by atoms with Gasteiger partial charge in [0.05, 0.1) is 11.4 Å². The lowest BCUT2D eigenvalue weighted by Gasteiger charge is -2.16. The Balaban J connectivity index is 1.78. The number of hydrogen-bond donors (Lipinski definition) is 1. The van der Waals surface area contributed by atoms with Crippen LogP contribution in [0.5, 0.6) is 0 Å². The number of nitrogens with one attached hydrogen (secondary N) is 1. The second-order valence-electron chi connectivity index (χ2n) is 6.11. The SMILES string of the molecule is Cc1nn(C)c(C)c1CN(C)C(=O)c1cc(-c2ccc(F)cc2)n[nH]1. The normalized spacial score (nSPS) is 10.9. The van der Waals surface area contributed by atoms with Crippen molar-refractivity contribution in [3.8, 4) is 11.3 Å². The summed E-state index contributed by atoms with van der Waals surface area (Å²) in [4.78, 5) is 14.3. The number of carbonyl (C=O) groups is 1. The quantitative estimate of drug-likeness (QED) is 0.793. The van der Waals surface area contributed by atoms with Gasteiger partial charge in [0.25, 0.3) is 5.91 Å². The Labute approximate surface area is 145 Å². The number of aromatic nitrogens is 4. The van der Waals surface area contributed by atoms with E-state index in [1.807, 2.05) is 25.6 Å². The Morgan fingerprint density at radius 2 is 1.96 bits per heavy atom. The Morgan fingerprint density at radius 1 is 1.28 bits per heavy atom. The molecule has 0 fully saturated rings. The fourth-order valence-electron chi connectivity index (χ4n) is 2.76. The van der Waals surface area contributed by atoms with Gasteiger partial charge in [-0.1, -0.05) is 0 Å². The molecular weight excluding hydrogens is 321 g/mol. The first-order valence-electron chi connectivity index (χ1n) is 7.92. The molecule has 0 aliphatic rings. The van der Waals surface area contributed by atoms with Crippen molar-refractivity contribution in [2.75, 3.05) is 7.05 Å². The summed E-state index contributed by atoms with van der Waals surface area (Å²) in [6.45, 7) is 4.38. The third-order valence-electron chi connectivity index (χ3n) is 4.35. The number of amides is 1. The molecule has 3 aromatic rings. The minimum absolute atomic E-state index is 0.163. The number of nitrogens with zero attached hydrogens (tertiary/aromatic N) is 4. The molecule has 1 N–H and O–H groups in total. The highest BCUT2D eigenvalue weighted by Gasteiger charge is 2.19. The Kier molecular flexibility index (Phi) is 4.39. The number of rotatable bonds is 4. The summed E-state index contributed by atoms with van der Waals surface area (Å²) in [5.74, 6) is -0.471. The van der Waals surface area contributed by atoms with Gasteiger partial charge in [0.1, 0.15) is 11.5 Å². The maximum absolute atomic E-state index is 13.0. The van der Waals surface area contributed by atoms with E-state index in [9.17, 15) is 9.18 Å². The number of halogens is 1. The summed E-state index contributed by atoms with van der Waals surface area (Å²) in [5.41, 5.74) is 4.73. The average Bonchev–Trinajstić information content (AvgIpc) is 3.16. The van der Waals surface area contributed by atoms with E-state index < -0.39 is 0 Å². The first-order valence-corrected chi connectivity index (χ1v) is 7.92. The summed E-state index contributed by atoms with van der Waals surface area (Å²) in [6.07, 6.45) is 0. The van der Waals surface area contributed by atoms with Crippen LogP contribution in [0.15, 0.2) is 30.3 Å². The molecule has 0 saturated heterocycles. The number of aryl methyl sites for hydroxylation is 2. The van der Waals surface area contributed by atoms with Crippen LogP contribution < -0.4 is 0 Å². The Morgan fingerprint density at radius 3 is 2.56 bits per heavy atom. The zero-order chi connectivity index (χ0) is 18.1. The molecule has 0 saturated carbocycles. The van der Waals surface area contributed by atoms with Crippen molar-refractivity contribution in [1.82, 2.24) is 24.9 Å². The molecule has 2 heterocycles. The third kappa shape index (κ3) is 3.31. The lowest BCUT2D eigenvalue weighted by molar-refractivity contribution is 0.0779. The van der Waals surface area contributed by atoms with Gasteiger partial charge in [-0.25, -0.2) is 4.39 Å². The van der Waals surface area contributed by atoms with Crippen LogP contribution in [0.3, 0.4) is 0 Å². The second kappa shape index (κ2) is 6.51. The van der Waals surface area contributed by atoms with Crippen LogP contribution in [0.25, 0.3) is 11.3 Å². The first kappa shape index (κ1) is 16.9. The maximum atomic E-state index is 13.0. The minimum Gasteiger partial charge on any atom is -0.336 e. The number of H-pyrrole nitrogens is 1. The fourth-order valence-corrected chi connectivity index (χ4v) is 2.76. The van der Waals surface area contributed by atoms with Gasteiger partial charge >= 0.3 is 0 Å². The van der Waals surface area contributed by atoms with Gasteiger partial charge in [-0.3, -0.25) is 14.6 Å². The van der Waals surface area contributed by atoms with Crippen LogP contribution >= 0.6 is 0 Å². The lowest BCUT2D eigenvalue weighted by atomic mass is 10.1. The van der Waals surface area contributed by atoms with Crippen molar-refractivity contribution in [2.24, 2.45) is 7.05 Å². The van der Waals surface area contributed by atoms with Crippen LogP contribution in [0.2, 0.25) is 0 Å². The molecule has 2 aromatic heterocycles. The largest absolute Gasteiger partial charge is 0.336 e. The van der Waals surface area contributed by atoms with Crippen molar-refractivity contribution in [2.45, 2.75) is 20.4 Å². The molecule has 6 nitrogen and oxygen atoms in total. The molecule has 0 unspecified atom stereocenters. The third-order valence-corrected chi connectivity index (χ3v) is 4.35. The molecule has 0 aliphatic heterocycles. The van der Waals surface area contributed by atoms with Gasteiger partial charge < -0.3 is 4.90 Å². The molecule has 130 valence electrons. The zero-order valence-electron chi connectivity index (χ0n) is 14.7. The highest BCUT2D eigenvalue weighted by Crippen LogP contribution is 2.20. The van der Waals surface area contributed by atoms with Gasteiger partial charge in [-0.2, -0.15) is 10.2 Å².